The van der Waals surface area contributed by atoms with E-state index in [1.807, 2.05) is 0 Å². The summed E-state index contributed by atoms with van der Waals surface area (Å²) in [5.74, 6) is 0.590. The third kappa shape index (κ3) is 1.84. The summed E-state index contributed by atoms with van der Waals surface area (Å²) in [7, 11) is 0. The molecule has 0 bridgehead atoms. The molecule has 0 spiro atoms. The van der Waals surface area contributed by atoms with E-state index >= 15 is 0 Å². The highest BCUT2D eigenvalue weighted by Gasteiger charge is 2.40. The van der Waals surface area contributed by atoms with Gasteiger partial charge in [0, 0.05) is 10.9 Å². The Morgan fingerprint density at radius 3 is 2.82 bits per heavy atom. The van der Waals surface area contributed by atoms with E-state index < -0.39 is 0 Å². The summed E-state index contributed by atoms with van der Waals surface area (Å²) in [5.41, 5.74) is 9.19. The summed E-state index contributed by atoms with van der Waals surface area (Å²) < 4.78 is 5.41. The van der Waals surface area contributed by atoms with E-state index in [-0.39, 0.29) is 5.54 Å². The molecule has 1 aliphatic carbocycles. The molecule has 3 nitrogen and oxygen atoms in total. The minimum atomic E-state index is -0.0980. The van der Waals surface area contributed by atoms with Crippen LogP contribution in [0.15, 0.2) is 22.7 Å². The highest BCUT2D eigenvalue weighted by atomic mass is 16.5. The van der Waals surface area contributed by atoms with Gasteiger partial charge in [-0.3, -0.25) is 0 Å². The number of fused-ring (bicyclic) bond motifs is 1. The van der Waals surface area contributed by atoms with Crippen LogP contribution in [0.2, 0.25) is 0 Å². The average Bonchev–Trinajstić information content (AvgIpc) is 2.91. The molecular weight excluding hydrogens is 212 g/mol. The van der Waals surface area contributed by atoms with Crippen LogP contribution in [0.25, 0.3) is 11.0 Å². The van der Waals surface area contributed by atoms with Crippen molar-refractivity contribution in [1.29, 1.82) is 0 Å². The minimum absolute atomic E-state index is 0.0980. The lowest BCUT2D eigenvalue weighted by molar-refractivity contribution is 0.439. The summed E-state index contributed by atoms with van der Waals surface area (Å²) >= 11 is 0. The summed E-state index contributed by atoms with van der Waals surface area (Å²) in [4.78, 5) is 0. The number of hydrogen-bond acceptors (Lipinski definition) is 3. The molecular formula is C14H18N2O. The van der Waals surface area contributed by atoms with Crippen molar-refractivity contribution in [2.24, 2.45) is 11.7 Å². The van der Waals surface area contributed by atoms with Crippen LogP contribution in [0.4, 0.5) is 0 Å². The maximum Gasteiger partial charge on any atom is 0.167 e. The van der Waals surface area contributed by atoms with Gasteiger partial charge >= 0.3 is 0 Å². The monoisotopic (exact) mass is 230 g/mol. The van der Waals surface area contributed by atoms with Gasteiger partial charge in [-0.2, -0.15) is 0 Å². The number of aromatic nitrogens is 1. The largest absolute Gasteiger partial charge is 0.356 e. The second kappa shape index (κ2) is 3.57. The molecule has 3 heteroatoms. The smallest absolute Gasteiger partial charge is 0.167 e. The molecule has 1 saturated carbocycles. The molecule has 0 aliphatic heterocycles. The SMILES string of the molecule is CC(C)Cc1noc2cc(C3(N)CC3)ccc12. The number of benzene rings is 1. The fraction of sp³-hybridized carbons (Fsp3) is 0.500. The summed E-state index contributed by atoms with van der Waals surface area (Å²) in [6.07, 6.45) is 3.11. The van der Waals surface area contributed by atoms with Gasteiger partial charge in [-0.25, -0.2) is 0 Å². The fourth-order valence-corrected chi connectivity index (χ4v) is 2.26. The Kier molecular flexibility index (Phi) is 2.26. The molecule has 0 radical (unpaired) electrons. The Balaban J connectivity index is 2.02. The normalized spacial score (nSPS) is 17.9. The number of nitrogens with zero attached hydrogens (tertiary/aromatic N) is 1. The Bertz CT molecular complexity index is 552. The average molecular weight is 230 g/mol. The van der Waals surface area contributed by atoms with E-state index in [1.165, 1.54) is 5.56 Å². The zero-order chi connectivity index (χ0) is 12.0. The van der Waals surface area contributed by atoms with Crippen molar-refractivity contribution in [2.75, 3.05) is 0 Å². The maximum absolute atomic E-state index is 6.18. The zero-order valence-electron chi connectivity index (χ0n) is 10.4. The van der Waals surface area contributed by atoms with Crippen molar-refractivity contribution in [1.82, 2.24) is 5.16 Å². The van der Waals surface area contributed by atoms with E-state index in [0.717, 1.165) is 35.9 Å². The van der Waals surface area contributed by atoms with E-state index in [1.54, 1.807) is 0 Å². The van der Waals surface area contributed by atoms with Gasteiger partial charge in [-0.05, 0) is 42.9 Å². The highest BCUT2D eigenvalue weighted by Crippen LogP contribution is 2.43. The van der Waals surface area contributed by atoms with Gasteiger partial charge in [0.25, 0.3) is 0 Å². The van der Waals surface area contributed by atoms with Crippen LogP contribution in [-0.4, -0.2) is 5.16 Å². The molecule has 0 saturated heterocycles. The zero-order valence-corrected chi connectivity index (χ0v) is 10.4. The van der Waals surface area contributed by atoms with Crippen LogP contribution < -0.4 is 5.73 Å². The van der Waals surface area contributed by atoms with Crippen molar-refractivity contribution in [3.63, 3.8) is 0 Å². The summed E-state index contributed by atoms with van der Waals surface area (Å²) in [6, 6.07) is 6.28. The molecule has 2 N–H and O–H groups in total. The first-order valence-corrected chi connectivity index (χ1v) is 6.26. The van der Waals surface area contributed by atoms with Crippen molar-refractivity contribution in [3.05, 3.63) is 29.5 Å². The Morgan fingerprint density at radius 2 is 2.18 bits per heavy atom. The van der Waals surface area contributed by atoms with Crippen molar-refractivity contribution < 1.29 is 4.52 Å². The lowest BCUT2D eigenvalue weighted by Crippen LogP contribution is -2.18. The predicted molar refractivity (Wildman–Crippen MR) is 67.7 cm³/mol. The standard InChI is InChI=1S/C14H18N2O/c1-9(2)7-12-11-4-3-10(14(15)5-6-14)8-13(11)17-16-12/h3-4,8-9H,5-7,15H2,1-2H3. The third-order valence-corrected chi connectivity index (χ3v) is 3.51. The summed E-state index contributed by atoms with van der Waals surface area (Å²) in [6.45, 7) is 4.38. The molecule has 1 aliphatic rings. The molecule has 1 fully saturated rings. The summed E-state index contributed by atoms with van der Waals surface area (Å²) in [5, 5.41) is 5.29. The molecule has 2 aromatic rings. The maximum atomic E-state index is 6.18. The van der Waals surface area contributed by atoms with Crippen molar-refractivity contribution in [3.8, 4) is 0 Å². The third-order valence-electron chi connectivity index (χ3n) is 3.51. The van der Waals surface area contributed by atoms with Gasteiger partial charge in [0.15, 0.2) is 5.58 Å². The molecule has 3 rings (SSSR count). The topological polar surface area (TPSA) is 52.0 Å². The van der Waals surface area contributed by atoms with Crippen molar-refractivity contribution >= 4 is 11.0 Å². The van der Waals surface area contributed by atoms with Gasteiger partial charge in [0.1, 0.15) is 0 Å². The van der Waals surface area contributed by atoms with Gasteiger partial charge in [-0.15, -0.1) is 0 Å². The van der Waals surface area contributed by atoms with E-state index in [2.05, 4.69) is 37.2 Å². The predicted octanol–water partition coefficient (Wildman–Crippen LogP) is 2.97. The Hall–Kier alpha value is -1.35. The van der Waals surface area contributed by atoms with Gasteiger partial charge in [0.2, 0.25) is 0 Å². The van der Waals surface area contributed by atoms with Crippen molar-refractivity contribution in [2.45, 2.75) is 38.6 Å². The lowest BCUT2D eigenvalue weighted by atomic mass is 10.0. The molecule has 0 unspecified atom stereocenters. The molecule has 0 atom stereocenters. The molecule has 1 aromatic carbocycles. The molecule has 90 valence electrons. The first kappa shape index (κ1) is 10.8. The van der Waals surface area contributed by atoms with Crippen LogP contribution in [0.3, 0.4) is 0 Å². The molecule has 1 heterocycles. The Labute approximate surface area is 101 Å². The van der Waals surface area contributed by atoms with Crippen LogP contribution in [0.1, 0.15) is 37.9 Å². The lowest BCUT2D eigenvalue weighted by Gasteiger charge is -2.08. The second-order valence-electron chi connectivity index (χ2n) is 5.59. The first-order valence-electron chi connectivity index (χ1n) is 6.26. The van der Waals surface area contributed by atoms with E-state index in [9.17, 15) is 0 Å². The van der Waals surface area contributed by atoms with E-state index in [0.29, 0.717) is 5.92 Å². The number of hydrogen-bond donors (Lipinski definition) is 1. The minimum Gasteiger partial charge on any atom is -0.356 e. The fourth-order valence-electron chi connectivity index (χ4n) is 2.26. The number of nitrogens with two attached hydrogens (primary N) is 1. The molecule has 17 heavy (non-hydrogen) atoms. The second-order valence-corrected chi connectivity index (χ2v) is 5.59. The number of rotatable bonds is 3. The van der Waals surface area contributed by atoms with Crippen LogP contribution in [-0.2, 0) is 12.0 Å². The van der Waals surface area contributed by atoms with Gasteiger partial charge in [-0.1, -0.05) is 25.1 Å². The quantitative estimate of drug-likeness (QED) is 0.881. The van der Waals surface area contributed by atoms with Crippen LogP contribution in [0, 0.1) is 5.92 Å². The highest BCUT2D eigenvalue weighted by molar-refractivity contribution is 5.80. The van der Waals surface area contributed by atoms with E-state index in [4.69, 9.17) is 10.3 Å². The van der Waals surface area contributed by atoms with Gasteiger partial charge in [0.05, 0.1) is 5.69 Å². The Morgan fingerprint density at radius 1 is 1.41 bits per heavy atom. The molecule has 1 aromatic heterocycles. The molecule has 0 amide bonds. The van der Waals surface area contributed by atoms with Crippen LogP contribution >= 0.6 is 0 Å². The van der Waals surface area contributed by atoms with Gasteiger partial charge < -0.3 is 10.3 Å². The van der Waals surface area contributed by atoms with Crippen LogP contribution in [0.5, 0.6) is 0 Å². The first-order chi connectivity index (χ1) is 8.08.